The van der Waals surface area contributed by atoms with Gasteiger partial charge in [0.05, 0.1) is 0 Å². The number of hydrogen-bond acceptors (Lipinski definition) is 4. The third kappa shape index (κ3) is 20.1. The van der Waals surface area contributed by atoms with E-state index in [0.717, 1.165) is 38.0 Å². The summed E-state index contributed by atoms with van der Waals surface area (Å²) in [5.74, 6) is -0.0999. The maximum absolute atomic E-state index is 12.7. The second kappa shape index (κ2) is 27.4. The van der Waals surface area contributed by atoms with E-state index in [4.69, 9.17) is 4.74 Å². The van der Waals surface area contributed by atoms with Gasteiger partial charge in [0, 0.05) is 30.8 Å². The first-order valence-electron chi connectivity index (χ1n) is 16.1. The second-order valence-electron chi connectivity index (χ2n) is 10.7. The predicted octanol–water partition coefficient (Wildman–Crippen LogP) is 8.67. The van der Waals surface area contributed by atoms with Crippen molar-refractivity contribution >= 4 is 24.4 Å². The number of benzene rings is 1. The Morgan fingerprint density at radius 1 is 0.675 bits per heavy atom. The van der Waals surface area contributed by atoms with E-state index in [2.05, 4.69) is 36.3 Å². The summed E-state index contributed by atoms with van der Waals surface area (Å²) in [5.41, 5.74) is 1.30. The Balaban J connectivity index is 0.0000152. The van der Waals surface area contributed by atoms with Crippen LogP contribution < -0.4 is 10.6 Å². The molecule has 0 aliphatic rings. The van der Waals surface area contributed by atoms with Crippen molar-refractivity contribution in [2.24, 2.45) is 0 Å². The molecule has 0 saturated heterocycles. The fraction of sp³-hybridized carbons (Fsp3) is 0.758. The molecule has 40 heavy (non-hydrogen) atoms. The van der Waals surface area contributed by atoms with Crippen molar-refractivity contribution < 1.29 is 14.3 Å². The number of unbranched alkanes of at least 4 members (excludes halogenated alkanes) is 15. The van der Waals surface area contributed by atoms with Crippen LogP contribution in [0.15, 0.2) is 24.3 Å². The first kappa shape index (κ1) is 38.2. The molecule has 232 valence electrons. The van der Waals surface area contributed by atoms with Crippen molar-refractivity contribution in [3.8, 4) is 0 Å². The Morgan fingerprint density at radius 3 is 1.70 bits per heavy atom. The number of likely N-dealkylation sites (N-methyl/N-ethyl adjacent to an activating group) is 1. The molecule has 0 heterocycles. The highest BCUT2D eigenvalue weighted by Gasteiger charge is 2.12. The lowest BCUT2D eigenvalue weighted by atomic mass is 10.0. The highest BCUT2D eigenvalue weighted by atomic mass is 35.5. The maximum Gasteiger partial charge on any atom is 0.407 e. The number of carbonyl (C=O) groups excluding carboxylic acids is 2. The fourth-order valence-electron chi connectivity index (χ4n) is 4.89. The van der Waals surface area contributed by atoms with Crippen molar-refractivity contribution in [1.29, 1.82) is 0 Å². The number of halogens is 1. The summed E-state index contributed by atoms with van der Waals surface area (Å²) >= 11 is 0. The van der Waals surface area contributed by atoms with Gasteiger partial charge in [0.15, 0.2) is 0 Å². The molecule has 1 aromatic rings. The summed E-state index contributed by atoms with van der Waals surface area (Å²) in [6.45, 7) is 10.5. The van der Waals surface area contributed by atoms with E-state index in [1.54, 1.807) is 6.07 Å². The van der Waals surface area contributed by atoms with Crippen molar-refractivity contribution in [3.05, 3.63) is 35.4 Å². The van der Waals surface area contributed by atoms with E-state index >= 15 is 0 Å². The lowest BCUT2D eigenvalue weighted by Crippen LogP contribution is -2.35. The summed E-state index contributed by atoms with van der Waals surface area (Å²) in [4.78, 5) is 27.0. The molecule has 1 aromatic carbocycles. The lowest BCUT2D eigenvalue weighted by molar-refractivity contribution is 0.0946. The molecule has 0 unspecified atom stereocenters. The van der Waals surface area contributed by atoms with E-state index in [1.807, 2.05) is 18.2 Å². The van der Waals surface area contributed by atoms with Crippen LogP contribution >= 0.6 is 12.4 Å². The van der Waals surface area contributed by atoms with Crippen molar-refractivity contribution in [3.63, 3.8) is 0 Å². The van der Waals surface area contributed by atoms with E-state index in [1.165, 1.54) is 89.9 Å². The SMILES string of the molecule is CCCCCCCCCCCCCCCCCCNC(=O)c1ccccc1COC(=O)NCCN(CC)CC.Cl. The molecule has 0 fully saturated rings. The van der Waals surface area contributed by atoms with Crippen LogP contribution in [0.5, 0.6) is 0 Å². The highest BCUT2D eigenvalue weighted by Crippen LogP contribution is 2.14. The minimum Gasteiger partial charge on any atom is -0.445 e. The normalized spacial score (nSPS) is 10.8. The van der Waals surface area contributed by atoms with Gasteiger partial charge in [0.2, 0.25) is 0 Å². The van der Waals surface area contributed by atoms with Crippen LogP contribution in [0.4, 0.5) is 4.79 Å². The van der Waals surface area contributed by atoms with Gasteiger partial charge in [-0.15, -0.1) is 12.4 Å². The monoisotopic (exact) mass is 581 g/mol. The summed E-state index contributed by atoms with van der Waals surface area (Å²) in [6.07, 6.45) is 21.0. The van der Waals surface area contributed by atoms with Crippen LogP contribution in [0.1, 0.15) is 139 Å². The van der Waals surface area contributed by atoms with Gasteiger partial charge in [0.25, 0.3) is 5.91 Å². The van der Waals surface area contributed by atoms with Crippen molar-refractivity contribution in [2.75, 3.05) is 32.7 Å². The average Bonchev–Trinajstić information content (AvgIpc) is 2.96. The van der Waals surface area contributed by atoms with Crippen LogP contribution in [0.2, 0.25) is 0 Å². The largest absolute Gasteiger partial charge is 0.445 e. The molecule has 0 atom stereocenters. The quantitative estimate of drug-likeness (QED) is 0.113. The molecule has 1 rings (SSSR count). The zero-order valence-corrected chi connectivity index (χ0v) is 26.8. The first-order valence-corrected chi connectivity index (χ1v) is 16.1. The number of ether oxygens (including phenoxy) is 1. The molecule has 7 heteroatoms. The standard InChI is InChI=1S/C33H59N3O3.ClH/c1-4-7-8-9-10-11-12-13-14-15-16-17-18-19-20-23-26-34-32(37)31-25-22-21-24-30(31)29-39-33(38)35-27-28-36(5-2)6-3;/h21-22,24-25H,4-20,23,26-29H2,1-3H3,(H,34,37)(H,35,38);1H. The van der Waals surface area contributed by atoms with Crippen LogP contribution in [-0.4, -0.2) is 49.6 Å². The summed E-state index contributed by atoms with van der Waals surface area (Å²) in [6, 6.07) is 7.34. The molecule has 0 bridgehead atoms. The Kier molecular flexibility index (Phi) is 26.2. The lowest BCUT2D eigenvalue weighted by Gasteiger charge is -2.18. The van der Waals surface area contributed by atoms with Crippen molar-refractivity contribution in [1.82, 2.24) is 15.5 Å². The van der Waals surface area contributed by atoms with Crippen LogP contribution in [0, 0.1) is 0 Å². The Labute approximate surface area is 252 Å². The highest BCUT2D eigenvalue weighted by molar-refractivity contribution is 5.95. The number of amides is 2. The van der Waals surface area contributed by atoms with E-state index in [-0.39, 0.29) is 24.9 Å². The minimum atomic E-state index is -0.453. The van der Waals surface area contributed by atoms with Gasteiger partial charge in [0.1, 0.15) is 6.61 Å². The zero-order chi connectivity index (χ0) is 28.4. The molecule has 0 radical (unpaired) electrons. The average molecular weight is 582 g/mol. The Bertz CT molecular complexity index is 743. The van der Waals surface area contributed by atoms with E-state index in [9.17, 15) is 9.59 Å². The number of alkyl carbamates (subject to hydrolysis) is 1. The Hall–Kier alpha value is -1.79. The molecule has 2 amide bonds. The van der Waals surface area contributed by atoms with Gasteiger partial charge in [-0.25, -0.2) is 4.79 Å². The molecule has 0 aliphatic carbocycles. The molecular formula is C33H60ClN3O3. The predicted molar refractivity (Wildman–Crippen MR) is 172 cm³/mol. The van der Waals surface area contributed by atoms with Gasteiger partial charge in [-0.05, 0) is 25.6 Å². The number of nitrogens with zero attached hydrogens (tertiary/aromatic N) is 1. The van der Waals surface area contributed by atoms with Gasteiger partial charge >= 0.3 is 6.09 Å². The van der Waals surface area contributed by atoms with Crippen molar-refractivity contribution in [2.45, 2.75) is 130 Å². The second-order valence-corrected chi connectivity index (χ2v) is 10.7. The number of rotatable bonds is 25. The van der Waals surface area contributed by atoms with Crippen LogP contribution in [-0.2, 0) is 11.3 Å². The van der Waals surface area contributed by atoms with Gasteiger partial charge in [-0.3, -0.25) is 4.79 Å². The summed E-state index contributed by atoms with van der Waals surface area (Å²) < 4.78 is 5.36. The Morgan fingerprint density at radius 2 is 1.18 bits per heavy atom. The molecule has 0 aromatic heterocycles. The third-order valence-electron chi connectivity index (χ3n) is 7.53. The zero-order valence-electron chi connectivity index (χ0n) is 25.9. The van der Waals surface area contributed by atoms with Gasteiger partial charge in [-0.1, -0.05) is 135 Å². The smallest absolute Gasteiger partial charge is 0.407 e. The maximum atomic E-state index is 12.7. The van der Waals surface area contributed by atoms with Crippen LogP contribution in [0.25, 0.3) is 0 Å². The number of nitrogens with one attached hydrogen (secondary N) is 2. The molecular weight excluding hydrogens is 522 g/mol. The summed E-state index contributed by atoms with van der Waals surface area (Å²) in [7, 11) is 0. The van der Waals surface area contributed by atoms with Gasteiger partial charge in [-0.2, -0.15) is 0 Å². The minimum absolute atomic E-state index is 0. The summed E-state index contributed by atoms with van der Waals surface area (Å²) in [5, 5.41) is 5.82. The number of carbonyl (C=O) groups is 2. The van der Waals surface area contributed by atoms with Crippen LogP contribution in [0.3, 0.4) is 0 Å². The van der Waals surface area contributed by atoms with Gasteiger partial charge < -0.3 is 20.3 Å². The fourth-order valence-corrected chi connectivity index (χ4v) is 4.89. The van der Waals surface area contributed by atoms with E-state index < -0.39 is 6.09 Å². The molecule has 0 saturated carbocycles. The third-order valence-corrected chi connectivity index (χ3v) is 7.53. The van der Waals surface area contributed by atoms with E-state index in [0.29, 0.717) is 18.7 Å². The molecule has 2 N–H and O–H groups in total. The first-order chi connectivity index (χ1) is 19.1. The topological polar surface area (TPSA) is 70.7 Å². The molecule has 0 aliphatic heterocycles. The molecule has 0 spiro atoms. The number of hydrogen-bond donors (Lipinski definition) is 2. The molecule has 6 nitrogen and oxygen atoms in total.